The van der Waals surface area contributed by atoms with Crippen molar-refractivity contribution in [1.29, 1.82) is 0 Å². The number of fused-ring (bicyclic) bond motifs is 4. The predicted octanol–water partition coefficient (Wildman–Crippen LogP) is 5.36. The van der Waals surface area contributed by atoms with Crippen LogP contribution in [-0.2, 0) is 9.59 Å². The van der Waals surface area contributed by atoms with Gasteiger partial charge in [0.15, 0.2) is 11.6 Å². The summed E-state index contributed by atoms with van der Waals surface area (Å²) in [6, 6.07) is 8.81. The second-order valence-electron chi connectivity index (χ2n) is 11.2. The molecule has 4 heteroatoms. The van der Waals surface area contributed by atoms with Crippen molar-refractivity contribution in [3.05, 3.63) is 52.6 Å². The number of rotatable bonds is 4. The number of Topliss-reactive ketones (excluding diaryl/α,β-unsaturated/α-hetero) is 1. The molecular formula is C29H37NO3. The van der Waals surface area contributed by atoms with E-state index in [-0.39, 0.29) is 17.5 Å². The summed E-state index contributed by atoms with van der Waals surface area (Å²) >= 11 is 0. The van der Waals surface area contributed by atoms with Gasteiger partial charge in [0.25, 0.3) is 0 Å². The van der Waals surface area contributed by atoms with E-state index in [4.69, 9.17) is 0 Å². The highest BCUT2D eigenvalue weighted by Crippen LogP contribution is 2.67. The minimum Gasteiger partial charge on any atom is -0.381 e. The monoisotopic (exact) mass is 447 g/mol. The van der Waals surface area contributed by atoms with Gasteiger partial charge in [-0.05, 0) is 85.3 Å². The molecule has 4 nitrogen and oxygen atoms in total. The molecule has 0 aromatic heterocycles. The Morgan fingerprint density at radius 2 is 1.85 bits per heavy atom. The smallest absolute Gasteiger partial charge is 0.164 e. The minimum atomic E-state index is -1.23. The summed E-state index contributed by atoms with van der Waals surface area (Å²) in [7, 11) is 4.10. The predicted molar refractivity (Wildman–Crippen MR) is 131 cm³/mol. The summed E-state index contributed by atoms with van der Waals surface area (Å²) in [5.74, 6) is 1.13. The van der Waals surface area contributed by atoms with Gasteiger partial charge < -0.3 is 10.0 Å². The highest BCUT2D eigenvalue weighted by atomic mass is 16.3. The van der Waals surface area contributed by atoms with Gasteiger partial charge in [-0.2, -0.15) is 0 Å². The van der Waals surface area contributed by atoms with Crippen LogP contribution in [0.4, 0.5) is 5.69 Å². The van der Waals surface area contributed by atoms with Gasteiger partial charge in [0.1, 0.15) is 5.60 Å². The number of hydrogen-bond donors (Lipinski definition) is 1. The number of carbonyl (C=O) groups is 2. The quantitative estimate of drug-likeness (QED) is 0.675. The van der Waals surface area contributed by atoms with E-state index in [0.29, 0.717) is 31.1 Å². The fraction of sp³-hybridized carbons (Fsp3) is 0.586. The average Bonchev–Trinajstić information content (AvgIpc) is 3.09. The summed E-state index contributed by atoms with van der Waals surface area (Å²) in [6.07, 6.45) is 7.94. The molecule has 0 bridgehead atoms. The van der Waals surface area contributed by atoms with Gasteiger partial charge >= 0.3 is 0 Å². The molecule has 5 atom stereocenters. The van der Waals surface area contributed by atoms with Crippen LogP contribution in [0, 0.1) is 17.3 Å². The Bertz CT molecular complexity index is 1050. The summed E-state index contributed by atoms with van der Waals surface area (Å²) < 4.78 is 0. The Morgan fingerprint density at radius 1 is 1.12 bits per heavy atom. The molecule has 4 aliphatic rings. The van der Waals surface area contributed by atoms with Crippen LogP contribution in [0.3, 0.4) is 0 Å². The van der Waals surface area contributed by atoms with E-state index in [1.165, 1.54) is 28.0 Å². The largest absolute Gasteiger partial charge is 0.381 e. The van der Waals surface area contributed by atoms with Gasteiger partial charge in [-0.3, -0.25) is 9.59 Å². The lowest BCUT2D eigenvalue weighted by atomic mass is 9.50. The molecule has 1 aromatic carbocycles. The third kappa shape index (κ3) is 3.28. The van der Waals surface area contributed by atoms with Crippen LogP contribution in [-0.4, -0.2) is 36.4 Å². The van der Waals surface area contributed by atoms with Crippen LogP contribution in [0.5, 0.6) is 0 Å². The highest BCUT2D eigenvalue weighted by molar-refractivity contribution is 5.93. The Kier molecular flexibility index (Phi) is 5.43. The topological polar surface area (TPSA) is 57.6 Å². The molecule has 2 saturated carbocycles. The van der Waals surface area contributed by atoms with Crippen molar-refractivity contribution in [3.8, 4) is 0 Å². The maximum absolute atomic E-state index is 13.1. The normalized spacial score (nSPS) is 35.5. The van der Waals surface area contributed by atoms with Crippen molar-refractivity contribution < 1.29 is 14.7 Å². The Hall–Kier alpha value is -2.20. The first-order valence-corrected chi connectivity index (χ1v) is 12.7. The molecule has 33 heavy (non-hydrogen) atoms. The molecule has 0 saturated heterocycles. The SMILES string of the molecule is CCC(=O)[C@]1(O)CC[C@H]2[C@@H]3CCC4=CC(=O)CCC4=C3[C@@H](c3ccc(N(C)C)cc3)C[C@@]21C. The number of allylic oxidation sites excluding steroid dienone is 4. The molecule has 176 valence electrons. The molecular weight excluding hydrogens is 410 g/mol. The van der Waals surface area contributed by atoms with Gasteiger partial charge in [-0.15, -0.1) is 0 Å². The maximum atomic E-state index is 13.1. The van der Waals surface area contributed by atoms with Crippen LogP contribution in [0.15, 0.2) is 47.1 Å². The molecule has 1 aromatic rings. The number of ketones is 2. The van der Waals surface area contributed by atoms with Crippen LogP contribution >= 0.6 is 0 Å². The zero-order chi connectivity index (χ0) is 23.5. The van der Waals surface area contributed by atoms with E-state index >= 15 is 0 Å². The van der Waals surface area contributed by atoms with Gasteiger partial charge in [-0.1, -0.05) is 31.6 Å². The molecule has 4 aliphatic carbocycles. The third-order valence-electron chi connectivity index (χ3n) is 9.48. The van der Waals surface area contributed by atoms with Crippen LogP contribution in [0.2, 0.25) is 0 Å². The molecule has 0 spiro atoms. The van der Waals surface area contributed by atoms with Crippen LogP contribution in [0.25, 0.3) is 0 Å². The molecule has 0 amide bonds. The third-order valence-corrected chi connectivity index (χ3v) is 9.48. The van der Waals surface area contributed by atoms with Crippen molar-refractivity contribution in [1.82, 2.24) is 0 Å². The first-order valence-electron chi connectivity index (χ1n) is 12.7. The van der Waals surface area contributed by atoms with Gasteiger partial charge in [-0.25, -0.2) is 0 Å². The van der Waals surface area contributed by atoms with Crippen LogP contribution < -0.4 is 4.90 Å². The average molecular weight is 448 g/mol. The van der Waals surface area contributed by atoms with Gasteiger partial charge in [0.05, 0.1) is 0 Å². The Labute approximate surface area is 197 Å². The molecule has 0 heterocycles. The molecule has 0 radical (unpaired) electrons. The number of aliphatic hydroxyl groups is 1. The van der Waals surface area contributed by atoms with Crippen molar-refractivity contribution in [2.75, 3.05) is 19.0 Å². The Morgan fingerprint density at radius 3 is 2.52 bits per heavy atom. The molecule has 0 unspecified atom stereocenters. The lowest BCUT2D eigenvalue weighted by Crippen LogP contribution is -2.55. The van der Waals surface area contributed by atoms with E-state index < -0.39 is 11.0 Å². The second kappa shape index (κ2) is 7.94. The molecule has 1 N–H and O–H groups in total. The summed E-state index contributed by atoms with van der Waals surface area (Å²) in [5.41, 5.74) is 4.94. The zero-order valence-electron chi connectivity index (χ0n) is 20.5. The van der Waals surface area contributed by atoms with Gasteiger partial charge in [0, 0.05) is 44.0 Å². The van der Waals surface area contributed by atoms with E-state index in [2.05, 4.69) is 36.1 Å². The minimum absolute atomic E-state index is 0.00460. The summed E-state index contributed by atoms with van der Waals surface area (Å²) in [4.78, 5) is 27.4. The van der Waals surface area contributed by atoms with Crippen molar-refractivity contribution >= 4 is 17.3 Å². The first-order chi connectivity index (χ1) is 15.7. The summed E-state index contributed by atoms with van der Waals surface area (Å²) in [5, 5.41) is 11.8. The van der Waals surface area contributed by atoms with Crippen LogP contribution in [0.1, 0.15) is 76.7 Å². The fourth-order valence-electron chi connectivity index (χ4n) is 7.72. The number of benzene rings is 1. The fourth-order valence-corrected chi connectivity index (χ4v) is 7.72. The van der Waals surface area contributed by atoms with Crippen molar-refractivity contribution in [2.24, 2.45) is 17.3 Å². The zero-order valence-corrected chi connectivity index (χ0v) is 20.5. The first kappa shape index (κ1) is 22.6. The number of anilines is 1. The molecule has 2 fully saturated rings. The number of hydrogen-bond acceptors (Lipinski definition) is 4. The van der Waals surface area contributed by atoms with E-state index in [9.17, 15) is 14.7 Å². The number of nitrogens with zero attached hydrogens (tertiary/aromatic N) is 1. The Balaban J connectivity index is 1.66. The number of carbonyl (C=O) groups excluding carboxylic acids is 2. The van der Waals surface area contributed by atoms with E-state index in [1.807, 2.05) is 27.1 Å². The van der Waals surface area contributed by atoms with Crippen molar-refractivity contribution in [3.63, 3.8) is 0 Å². The molecule has 5 rings (SSSR count). The van der Waals surface area contributed by atoms with Gasteiger partial charge in [0.2, 0.25) is 0 Å². The lowest BCUT2D eigenvalue weighted by Gasteiger charge is -2.54. The van der Waals surface area contributed by atoms with E-state index in [1.54, 1.807) is 0 Å². The summed E-state index contributed by atoms with van der Waals surface area (Å²) in [6.45, 7) is 4.07. The highest BCUT2D eigenvalue weighted by Gasteiger charge is 2.65. The standard InChI is InChI=1S/C29H37NO3/c1-5-26(32)29(33)15-14-25-23-12-8-19-16-21(31)11-13-22(19)27(23)24(17-28(25,29)2)18-6-9-20(10-7-18)30(3)4/h6-7,9-10,16,23-25,33H,5,8,11-15,17H2,1-4H3/t23-,24+,25-,28-,29+/m0/s1. The molecule has 0 aliphatic heterocycles. The second-order valence-corrected chi connectivity index (χ2v) is 11.2. The maximum Gasteiger partial charge on any atom is 0.164 e. The lowest BCUT2D eigenvalue weighted by molar-refractivity contribution is -0.154. The van der Waals surface area contributed by atoms with E-state index in [0.717, 1.165) is 32.1 Å². The van der Waals surface area contributed by atoms with Crippen molar-refractivity contribution in [2.45, 2.75) is 76.7 Å².